The van der Waals surface area contributed by atoms with Crippen molar-refractivity contribution in [3.05, 3.63) is 99.5 Å². The Hall–Kier alpha value is -2.73. The number of hydrogen-bond donors (Lipinski definition) is 0. The van der Waals surface area contributed by atoms with E-state index in [-0.39, 0.29) is 0 Å². The third kappa shape index (κ3) is 3.85. The van der Waals surface area contributed by atoms with E-state index in [4.69, 9.17) is 0 Å². The van der Waals surface area contributed by atoms with Crippen molar-refractivity contribution in [1.82, 2.24) is 0 Å². The lowest BCUT2D eigenvalue weighted by molar-refractivity contribution is 0.868. The highest BCUT2D eigenvalue weighted by Gasteiger charge is 2.26. The molecule has 0 fully saturated rings. The highest BCUT2D eigenvalue weighted by Crippen LogP contribution is 2.42. The van der Waals surface area contributed by atoms with Gasteiger partial charge in [-0.05, 0) is 85.0 Å². The summed E-state index contributed by atoms with van der Waals surface area (Å²) in [4.78, 5) is 0. The van der Waals surface area contributed by atoms with Crippen molar-refractivity contribution in [2.75, 3.05) is 0 Å². The normalized spacial score (nSPS) is 11.8. The Morgan fingerprint density at radius 3 is 1.26 bits per heavy atom. The second-order valence-corrected chi connectivity index (χ2v) is 9.92. The molecule has 0 heteroatoms. The van der Waals surface area contributed by atoms with Gasteiger partial charge >= 0.3 is 0 Å². The molecule has 0 saturated heterocycles. The summed E-state index contributed by atoms with van der Waals surface area (Å²) in [5.74, 6) is 1.05. The van der Waals surface area contributed by atoms with E-state index in [1.165, 1.54) is 66.8 Å². The predicted molar refractivity (Wildman–Crippen MR) is 136 cm³/mol. The SMILES string of the molecule is Cc1cc([CH+]c2cc(C)c3cc(C(C)C)ccc(C)c2-3)c2c(C)ccc(C(C)C)cc1-2. The zero-order valence-electron chi connectivity index (χ0n) is 20.4. The Morgan fingerprint density at radius 1 is 0.516 bits per heavy atom. The van der Waals surface area contributed by atoms with Gasteiger partial charge in [0.15, 0.2) is 0 Å². The van der Waals surface area contributed by atoms with Gasteiger partial charge in [0.1, 0.15) is 0 Å². The van der Waals surface area contributed by atoms with Crippen LogP contribution in [0.5, 0.6) is 0 Å². The molecule has 0 heterocycles. The predicted octanol–water partition coefficient (Wildman–Crippen LogP) is 8.98. The van der Waals surface area contributed by atoms with Crippen LogP contribution >= 0.6 is 0 Å². The van der Waals surface area contributed by atoms with Crippen molar-refractivity contribution >= 4 is 0 Å². The topological polar surface area (TPSA) is 0 Å². The largest absolute Gasteiger partial charge is 0.0811 e. The maximum Gasteiger partial charge on any atom is 0.0811 e. The lowest BCUT2D eigenvalue weighted by atomic mass is 9.95. The molecule has 0 aromatic carbocycles. The Kier molecular flexibility index (Phi) is 5.60. The van der Waals surface area contributed by atoms with Gasteiger partial charge < -0.3 is 0 Å². The molecular formula is C31H35+. The molecule has 0 bridgehead atoms. The van der Waals surface area contributed by atoms with Crippen LogP contribution in [0.4, 0.5) is 0 Å². The number of aryl methyl sites for hydroxylation is 4. The molecule has 0 aliphatic heterocycles. The van der Waals surface area contributed by atoms with Crippen molar-refractivity contribution in [1.29, 1.82) is 0 Å². The molecule has 0 radical (unpaired) electrons. The summed E-state index contributed by atoms with van der Waals surface area (Å²) in [6.07, 6.45) is 2.41. The van der Waals surface area contributed by atoms with Crippen molar-refractivity contribution in [3.63, 3.8) is 0 Å². The maximum absolute atomic E-state index is 2.41. The number of fused-ring (bicyclic) bond motifs is 2. The quantitative estimate of drug-likeness (QED) is 0.296. The van der Waals surface area contributed by atoms with Gasteiger partial charge in [-0.2, -0.15) is 0 Å². The molecule has 0 spiro atoms. The van der Waals surface area contributed by atoms with Gasteiger partial charge in [0.05, 0.1) is 22.3 Å². The monoisotopic (exact) mass is 407 g/mol. The van der Waals surface area contributed by atoms with Gasteiger partial charge in [-0.25, -0.2) is 0 Å². The summed E-state index contributed by atoms with van der Waals surface area (Å²) >= 11 is 0. The smallest absolute Gasteiger partial charge is 0.0587 e. The highest BCUT2D eigenvalue weighted by molar-refractivity contribution is 5.84. The average molecular weight is 408 g/mol. The summed E-state index contributed by atoms with van der Waals surface area (Å²) < 4.78 is 0. The van der Waals surface area contributed by atoms with Gasteiger partial charge in [-0.1, -0.05) is 52.0 Å². The van der Waals surface area contributed by atoms with E-state index in [9.17, 15) is 0 Å². The molecule has 158 valence electrons. The van der Waals surface area contributed by atoms with Crippen LogP contribution in [0.3, 0.4) is 0 Å². The van der Waals surface area contributed by atoms with Gasteiger partial charge in [0, 0.05) is 29.7 Å². The zero-order chi connectivity index (χ0) is 22.4. The molecular weight excluding hydrogens is 372 g/mol. The van der Waals surface area contributed by atoms with E-state index in [1.54, 1.807) is 0 Å². The zero-order valence-corrected chi connectivity index (χ0v) is 20.4. The second kappa shape index (κ2) is 8.08. The summed E-state index contributed by atoms with van der Waals surface area (Å²) in [7, 11) is 0. The summed E-state index contributed by atoms with van der Waals surface area (Å²) in [6.45, 7) is 18.1. The summed E-state index contributed by atoms with van der Waals surface area (Å²) in [5, 5.41) is 0. The molecule has 0 unspecified atom stereocenters. The summed E-state index contributed by atoms with van der Waals surface area (Å²) in [6, 6.07) is 18.7. The van der Waals surface area contributed by atoms with Gasteiger partial charge in [0.2, 0.25) is 0 Å². The Balaban J connectivity index is 1.85. The highest BCUT2D eigenvalue weighted by atomic mass is 14.2. The lowest BCUT2D eigenvalue weighted by Crippen LogP contribution is -1.88. The van der Waals surface area contributed by atoms with Crippen LogP contribution in [0.2, 0.25) is 0 Å². The Bertz CT molecular complexity index is 1090. The number of hydrogen-bond acceptors (Lipinski definition) is 0. The number of rotatable bonds is 4. The minimum absolute atomic E-state index is 0.524. The average Bonchev–Trinajstić information content (AvgIpc) is 2.99. The van der Waals surface area contributed by atoms with E-state index >= 15 is 0 Å². The molecule has 0 aromatic rings. The van der Waals surface area contributed by atoms with Crippen molar-refractivity contribution in [3.8, 4) is 22.3 Å². The van der Waals surface area contributed by atoms with E-state index < -0.39 is 0 Å². The first kappa shape index (κ1) is 21.5. The van der Waals surface area contributed by atoms with Crippen LogP contribution in [0.15, 0.2) is 48.5 Å². The standard InChI is InChI=1S/C31H35/c1-18(2)24-11-9-20(5)30-26(13-22(7)28(30)16-24)15-27-14-23(8)29-17-25(19(3)4)12-10-21(6)31(27)29/h9-19H,1-8H3/q+1. The van der Waals surface area contributed by atoms with Crippen molar-refractivity contribution < 1.29 is 0 Å². The van der Waals surface area contributed by atoms with E-state index in [0.717, 1.165) is 0 Å². The molecule has 0 aromatic heterocycles. The van der Waals surface area contributed by atoms with Crippen LogP contribution in [0, 0.1) is 34.1 Å². The first-order chi connectivity index (χ1) is 14.7. The second-order valence-electron chi connectivity index (χ2n) is 9.92. The minimum atomic E-state index is 0.524. The first-order valence-corrected chi connectivity index (χ1v) is 11.6. The molecule has 31 heavy (non-hydrogen) atoms. The van der Waals surface area contributed by atoms with Gasteiger partial charge in [-0.15, -0.1) is 0 Å². The summed E-state index contributed by atoms with van der Waals surface area (Å²) in [5.41, 5.74) is 16.4. The first-order valence-electron chi connectivity index (χ1n) is 11.6. The van der Waals surface area contributed by atoms with Crippen molar-refractivity contribution in [2.24, 2.45) is 0 Å². The maximum atomic E-state index is 2.41. The van der Waals surface area contributed by atoms with E-state index in [2.05, 4.69) is 110 Å². The Morgan fingerprint density at radius 2 is 0.903 bits per heavy atom. The van der Waals surface area contributed by atoms with Crippen LogP contribution in [-0.2, 0) is 0 Å². The molecule has 0 amide bonds. The molecule has 4 rings (SSSR count). The van der Waals surface area contributed by atoms with Crippen LogP contribution in [-0.4, -0.2) is 0 Å². The third-order valence-corrected chi connectivity index (χ3v) is 6.82. The molecule has 0 atom stereocenters. The van der Waals surface area contributed by atoms with Crippen LogP contribution in [0.1, 0.15) is 84.0 Å². The van der Waals surface area contributed by atoms with Crippen LogP contribution < -0.4 is 0 Å². The molecule has 0 N–H and O–H groups in total. The molecule has 4 aliphatic carbocycles. The molecule has 0 saturated carbocycles. The van der Waals surface area contributed by atoms with Crippen molar-refractivity contribution in [2.45, 2.75) is 67.2 Å². The van der Waals surface area contributed by atoms with Gasteiger partial charge in [-0.3, -0.25) is 0 Å². The molecule has 4 aliphatic rings. The lowest BCUT2D eigenvalue weighted by Gasteiger charge is -2.04. The fourth-order valence-corrected chi connectivity index (χ4v) is 4.88. The fraction of sp³-hybridized carbons (Fsp3) is 0.323. The van der Waals surface area contributed by atoms with E-state index in [0.29, 0.717) is 11.8 Å². The fourth-order valence-electron chi connectivity index (χ4n) is 4.88. The van der Waals surface area contributed by atoms with Crippen LogP contribution in [0.25, 0.3) is 22.3 Å². The van der Waals surface area contributed by atoms with E-state index in [1.807, 2.05) is 0 Å². The third-order valence-electron chi connectivity index (χ3n) is 6.82. The molecule has 0 nitrogen and oxygen atoms in total. The Labute approximate surface area is 189 Å². The minimum Gasteiger partial charge on any atom is -0.0587 e. The van der Waals surface area contributed by atoms with Gasteiger partial charge in [0.25, 0.3) is 0 Å².